The molecule has 0 aliphatic heterocycles. The molecule has 0 aliphatic carbocycles. The van der Waals surface area contributed by atoms with Crippen molar-refractivity contribution in [2.75, 3.05) is 0 Å². The average molecular weight is 349 g/mol. The van der Waals surface area contributed by atoms with Gasteiger partial charge in [0.15, 0.2) is 0 Å². The normalized spacial score (nSPS) is 11.1. The Morgan fingerprint density at radius 2 is 1.41 bits per heavy atom. The molecule has 3 aromatic carbocycles. The summed E-state index contributed by atoms with van der Waals surface area (Å²) >= 11 is 0. The molecule has 27 heavy (non-hydrogen) atoms. The molecule has 0 spiro atoms. The minimum absolute atomic E-state index is 0.0872. The van der Waals surface area contributed by atoms with Crippen LogP contribution in [0.4, 0.5) is 0 Å². The first-order valence-corrected chi connectivity index (χ1v) is 8.74. The zero-order chi connectivity index (χ0) is 18.2. The Kier molecular flexibility index (Phi) is 3.54. The predicted octanol–water partition coefficient (Wildman–Crippen LogP) is 4.60. The van der Waals surface area contributed by atoms with Crippen LogP contribution in [0.2, 0.25) is 0 Å². The Morgan fingerprint density at radius 1 is 0.667 bits per heavy atom. The second-order valence-electron chi connectivity index (χ2n) is 6.31. The van der Waals surface area contributed by atoms with Crippen LogP contribution in [0.15, 0.2) is 95.9 Å². The van der Waals surface area contributed by atoms with Crippen LogP contribution < -0.4 is 5.56 Å². The second kappa shape index (κ2) is 6.18. The molecule has 0 saturated heterocycles. The van der Waals surface area contributed by atoms with Crippen molar-refractivity contribution in [1.82, 2.24) is 14.5 Å². The van der Waals surface area contributed by atoms with Crippen LogP contribution in [-0.4, -0.2) is 14.5 Å². The Hall–Kier alpha value is -3.79. The van der Waals surface area contributed by atoms with Crippen molar-refractivity contribution >= 4 is 21.8 Å². The molecule has 0 fully saturated rings. The van der Waals surface area contributed by atoms with Crippen LogP contribution in [0.3, 0.4) is 0 Å². The van der Waals surface area contributed by atoms with E-state index >= 15 is 0 Å². The zero-order valence-electron chi connectivity index (χ0n) is 14.4. The number of hydrogen-bond acceptors (Lipinski definition) is 3. The van der Waals surface area contributed by atoms with Crippen molar-refractivity contribution in [3.8, 4) is 17.1 Å². The van der Waals surface area contributed by atoms with Gasteiger partial charge in [-0.25, -0.2) is 4.98 Å². The number of hydrogen-bond donors (Lipinski definition) is 0. The minimum atomic E-state index is -0.0872. The lowest BCUT2D eigenvalue weighted by molar-refractivity contribution is 0.984. The highest BCUT2D eigenvalue weighted by Gasteiger charge is 2.16. The van der Waals surface area contributed by atoms with Gasteiger partial charge in [-0.05, 0) is 36.4 Å². The van der Waals surface area contributed by atoms with E-state index in [1.807, 2.05) is 84.9 Å². The van der Waals surface area contributed by atoms with Crippen LogP contribution in [0.5, 0.6) is 0 Å². The van der Waals surface area contributed by atoms with Crippen molar-refractivity contribution in [2.45, 2.75) is 0 Å². The Balaban J connectivity index is 1.96. The maximum absolute atomic E-state index is 13.5. The van der Waals surface area contributed by atoms with Gasteiger partial charge in [-0.15, -0.1) is 0 Å². The van der Waals surface area contributed by atoms with Gasteiger partial charge < -0.3 is 0 Å². The third kappa shape index (κ3) is 2.50. The van der Waals surface area contributed by atoms with E-state index in [2.05, 4.69) is 4.98 Å². The summed E-state index contributed by atoms with van der Waals surface area (Å²) in [4.78, 5) is 22.7. The molecule has 5 aromatic rings. The first-order valence-electron chi connectivity index (χ1n) is 8.74. The summed E-state index contributed by atoms with van der Waals surface area (Å²) in [5.74, 6) is 0.621. The molecule has 4 heteroatoms. The van der Waals surface area contributed by atoms with Gasteiger partial charge >= 0.3 is 0 Å². The summed E-state index contributed by atoms with van der Waals surface area (Å²) < 4.78 is 1.70. The van der Waals surface area contributed by atoms with Crippen molar-refractivity contribution in [2.24, 2.45) is 0 Å². The van der Waals surface area contributed by atoms with Gasteiger partial charge in [0.25, 0.3) is 5.56 Å². The largest absolute Gasteiger partial charge is 0.268 e. The van der Waals surface area contributed by atoms with Crippen LogP contribution in [0, 0.1) is 0 Å². The van der Waals surface area contributed by atoms with E-state index in [-0.39, 0.29) is 5.56 Å². The minimum Gasteiger partial charge on any atom is -0.268 e. The molecule has 0 N–H and O–H groups in total. The topological polar surface area (TPSA) is 47.8 Å². The number of nitrogens with zero attached hydrogens (tertiary/aromatic N) is 3. The summed E-state index contributed by atoms with van der Waals surface area (Å²) in [5.41, 5.74) is 3.12. The Morgan fingerprint density at radius 3 is 2.30 bits per heavy atom. The van der Waals surface area contributed by atoms with Crippen molar-refractivity contribution < 1.29 is 0 Å². The molecule has 5 rings (SSSR count). The van der Waals surface area contributed by atoms with Crippen LogP contribution in [0.25, 0.3) is 38.9 Å². The first kappa shape index (κ1) is 15.5. The number of pyridine rings is 1. The fourth-order valence-corrected chi connectivity index (χ4v) is 3.42. The lowest BCUT2D eigenvalue weighted by Gasteiger charge is -2.15. The smallest absolute Gasteiger partial charge is 0.266 e. The molecule has 0 bridgehead atoms. The molecule has 2 heterocycles. The molecule has 0 atom stereocenters. The number of fused-ring (bicyclic) bond motifs is 2. The van der Waals surface area contributed by atoms with E-state index in [4.69, 9.17) is 4.98 Å². The van der Waals surface area contributed by atoms with Crippen molar-refractivity contribution in [3.05, 3.63) is 101 Å². The standard InChI is InChI=1S/C23H15N3O/c27-23-18-10-4-5-12-20(18)25-22(16-8-2-1-3-9-16)26(23)21-14-6-13-19-17(21)11-7-15-24-19/h1-15H. The quantitative estimate of drug-likeness (QED) is 0.468. The summed E-state index contributed by atoms with van der Waals surface area (Å²) in [7, 11) is 0. The fraction of sp³-hybridized carbons (Fsp3) is 0. The van der Waals surface area contributed by atoms with E-state index in [1.54, 1.807) is 10.8 Å². The molecule has 0 unspecified atom stereocenters. The van der Waals surface area contributed by atoms with Gasteiger partial charge in [0.1, 0.15) is 5.82 Å². The zero-order valence-corrected chi connectivity index (χ0v) is 14.4. The summed E-state index contributed by atoms with van der Waals surface area (Å²) in [5, 5.41) is 1.51. The van der Waals surface area contributed by atoms with Gasteiger partial charge in [-0.1, -0.05) is 48.5 Å². The predicted molar refractivity (Wildman–Crippen MR) is 108 cm³/mol. The third-order valence-corrected chi connectivity index (χ3v) is 4.67. The number of benzene rings is 3. The molecule has 128 valence electrons. The van der Waals surface area contributed by atoms with E-state index < -0.39 is 0 Å². The van der Waals surface area contributed by atoms with Gasteiger partial charge in [0.2, 0.25) is 0 Å². The maximum Gasteiger partial charge on any atom is 0.266 e. The molecule has 0 amide bonds. The third-order valence-electron chi connectivity index (χ3n) is 4.67. The van der Waals surface area contributed by atoms with E-state index in [0.29, 0.717) is 16.7 Å². The van der Waals surface area contributed by atoms with Crippen molar-refractivity contribution in [1.29, 1.82) is 0 Å². The maximum atomic E-state index is 13.5. The summed E-state index contributed by atoms with van der Waals surface area (Å²) in [6, 6.07) is 26.9. The van der Waals surface area contributed by atoms with Gasteiger partial charge in [0, 0.05) is 17.1 Å². The van der Waals surface area contributed by atoms with Crippen LogP contribution >= 0.6 is 0 Å². The van der Waals surface area contributed by atoms with Crippen molar-refractivity contribution in [3.63, 3.8) is 0 Å². The van der Waals surface area contributed by atoms with Crippen LogP contribution in [-0.2, 0) is 0 Å². The Bertz CT molecular complexity index is 1340. The molecular formula is C23H15N3O. The number of aromatic nitrogens is 3. The fourth-order valence-electron chi connectivity index (χ4n) is 3.42. The highest BCUT2D eigenvalue weighted by Crippen LogP contribution is 2.26. The van der Waals surface area contributed by atoms with E-state index in [9.17, 15) is 4.79 Å². The second-order valence-corrected chi connectivity index (χ2v) is 6.31. The average Bonchev–Trinajstić information content (AvgIpc) is 2.74. The molecule has 2 aromatic heterocycles. The molecule has 0 aliphatic rings. The SMILES string of the molecule is O=c1c2ccccc2nc(-c2ccccc2)n1-c1cccc2ncccc12. The van der Waals surface area contributed by atoms with E-state index in [0.717, 1.165) is 22.2 Å². The summed E-state index contributed by atoms with van der Waals surface area (Å²) in [6.07, 6.45) is 1.76. The summed E-state index contributed by atoms with van der Waals surface area (Å²) in [6.45, 7) is 0. The molecule has 0 saturated carbocycles. The number of rotatable bonds is 2. The highest BCUT2D eigenvalue weighted by molar-refractivity contribution is 5.89. The highest BCUT2D eigenvalue weighted by atomic mass is 16.1. The molecule has 0 radical (unpaired) electrons. The number of para-hydroxylation sites is 1. The Labute approximate surface area is 155 Å². The molecular weight excluding hydrogens is 334 g/mol. The monoisotopic (exact) mass is 349 g/mol. The molecule has 4 nitrogen and oxygen atoms in total. The lowest BCUT2D eigenvalue weighted by atomic mass is 10.1. The lowest BCUT2D eigenvalue weighted by Crippen LogP contribution is -2.22. The van der Waals surface area contributed by atoms with Gasteiger partial charge in [-0.3, -0.25) is 14.3 Å². The van der Waals surface area contributed by atoms with Gasteiger partial charge in [-0.2, -0.15) is 0 Å². The first-order chi connectivity index (χ1) is 13.3. The van der Waals surface area contributed by atoms with Crippen LogP contribution in [0.1, 0.15) is 0 Å². The van der Waals surface area contributed by atoms with Gasteiger partial charge in [0.05, 0.1) is 22.1 Å². The van der Waals surface area contributed by atoms with E-state index in [1.165, 1.54) is 0 Å².